The van der Waals surface area contributed by atoms with Crippen LogP contribution in [-0.2, 0) is 6.42 Å². The van der Waals surface area contributed by atoms with Gasteiger partial charge in [0.25, 0.3) is 0 Å². The summed E-state index contributed by atoms with van der Waals surface area (Å²) in [6.45, 7) is 0.456. The van der Waals surface area contributed by atoms with Crippen molar-refractivity contribution in [3.63, 3.8) is 0 Å². The predicted octanol–water partition coefficient (Wildman–Crippen LogP) is 2.19. The van der Waals surface area contributed by atoms with Gasteiger partial charge in [0.2, 0.25) is 0 Å². The highest BCUT2D eigenvalue weighted by Gasteiger charge is 2.06. The number of aromatic nitrogens is 2. The summed E-state index contributed by atoms with van der Waals surface area (Å²) < 4.78 is 5.33. The molecule has 2 rings (SSSR count). The summed E-state index contributed by atoms with van der Waals surface area (Å²) in [6.07, 6.45) is 3.10. The Bertz CT molecular complexity index is 543. The van der Waals surface area contributed by atoms with Gasteiger partial charge in [0, 0.05) is 6.20 Å². The fourth-order valence-electron chi connectivity index (χ4n) is 1.61. The first-order valence-electron chi connectivity index (χ1n) is 5.99. The lowest BCUT2D eigenvalue weighted by molar-refractivity contribution is 0.0688. The van der Waals surface area contributed by atoms with Crippen molar-refractivity contribution in [2.75, 3.05) is 6.61 Å². The molecule has 1 aromatic heterocycles. The molecule has 1 N–H and O–H groups in total. The Hall–Kier alpha value is -2.43. The molecule has 98 valence electrons. The molecule has 5 heteroatoms. The highest BCUT2D eigenvalue weighted by Crippen LogP contribution is 2.06. The molecule has 1 heterocycles. The fraction of sp³-hybridized carbons (Fsp3) is 0.214. The average Bonchev–Trinajstić information content (AvgIpc) is 2.45. The van der Waals surface area contributed by atoms with E-state index in [1.807, 2.05) is 18.2 Å². The van der Waals surface area contributed by atoms with Gasteiger partial charge in [-0.2, -0.15) is 4.98 Å². The lowest BCUT2D eigenvalue weighted by atomic mass is 10.1. The van der Waals surface area contributed by atoms with Crippen LogP contribution in [-0.4, -0.2) is 27.7 Å². The topological polar surface area (TPSA) is 72.3 Å². The summed E-state index contributed by atoms with van der Waals surface area (Å²) in [5, 5.41) is 8.78. The Labute approximate surface area is 110 Å². The van der Waals surface area contributed by atoms with Crippen LogP contribution in [0.3, 0.4) is 0 Å². The Morgan fingerprint density at radius 1 is 1.21 bits per heavy atom. The van der Waals surface area contributed by atoms with Crippen LogP contribution >= 0.6 is 0 Å². The lowest BCUT2D eigenvalue weighted by Crippen LogP contribution is -2.06. The van der Waals surface area contributed by atoms with Crippen LogP contribution in [0, 0.1) is 0 Å². The number of rotatable bonds is 6. The van der Waals surface area contributed by atoms with E-state index in [4.69, 9.17) is 9.84 Å². The molecule has 0 aliphatic carbocycles. The third-order valence-corrected chi connectivity index (χ3v) is 2.54. The van der Waals surface area contributed by atoms with Crippen LogP contribution in [0.2, 0.25) is 0 Å². The quantitative estimate of drug-likeness (QED) is 0.804. The van der Waals surface area contributed by atoms with E-state index in [1.54, 1.807) is 0 Å². The van der Waals surface area contributed by atoms with Crippen molar-refractivity contribution in [1.82, 2.24) is 9.97 Å². The van der Waals surface area contributed by atoms with Crippen molar-refractivity contribution in [3.8, 4) is 6.01 Å². The van der Waals surface area contributed by atoms with Crippen LogP contribution < -0.4 is 4.74 Å². The second kappa shape index (κ2) is 6.49. The molecule has 0 atom stereocenters. The number of carboxylic acids is 1. The lowest BCUT2D eigenvalue weighted by Gasteiger charge is -2.04. The summed E-state index contributed by atoms with van der Waals surface area (Å²) in [4.78, 5) is 18.4. The number of nitrogens with zero attached hydrogens (tertiary/aromatic N) is 2. The van der Waals surface area contributed by atoms with Crippen LogP contribution in [0.25, 0.3) is 0 Å². The normalized spacial score (nSPS) is 10.1. The van der Waals surface area contributed by atoms with Crippen molar-refractivity contribution in [2.24, 2.45) is 0 Å². The summed E-state index contributed by atoms with van der Waals surface area (Å²) in [6, 6.07) is 11.5. The van der Waals surface area contributed by atoms with Gasteiger partial charge in [-0.25, -0.2) is 9.78 Å². The van der Waals surface area contributed by atoms with Crippen molar-refractivity contribution < 1.29 is 14.6 Å². The minimum absolute atomic E-state index is 0.0620. The molecule has 2 aromatic rings. The Morgan fingerprint density at radius 2 is 2.00 bits per heavy atom. The zero-order valence-electron chi connectivity index (χ0n) is 10.3. The molecular weight excluding hydrogens is 244 g/mol. The van der Waals surface area contributed by atoms with Crippen molar-refractivity contribution >= 4 is 5.97 Å². The van der Waals surface area contributed by atoms with E-state index >= 15 is 0 Å². The number of aryl methyl sites for hydroxylation is 1. The predicted molar refractivity (Wildman–Crippen MR) is 69.2 cm³/mol. The van der Waals surface area contributed by atoms with Crippen molar-refractivity contribution in [1.29, 1.82) is 0 Å². The second-order valence-corrected chi connectivity index (χ2v) is 3.97. The zero-order chi connectivity index (χ0) is 13.5. The first-order chi connectivity index (χ1) is 9.25. The smallest absolute Gasteiger partial charge is 0.354 e. The third kappa shape index (κ3) is 4.06. The first-order valence-corrected chi connectivity index (χ1v) is 5.99. The number of carbonyl (C=O) groups is 1. The molecule has 0 bridgehead atoms. The van der Waals surface area contributed by atoms with Gasteiger partial charge in [-0.15, -0.1) is 0 Å². The highest BCUT2D eigenvalue weighted by molar-refractivity contribution is 5.85. The molecule has 0 unspecified atom stereocenters. The summed E-state index contributed by atoms with van der Waals surface area (Å²) in [5.41, 5.74) is 1.18. The molecule has 0 amide bonds. The van der Waals surface area contributed by atoms with Gasteiger partial charge < -0.3 is 9.84 Å². The van der Waals surface area contributed by atoms with E-state index in [-0.39, 0.29) is 11.7 Å². The van der Waals surface area contributed by atoms with Gasteiger partial charge >= 0.3 is 12.0 Å². The summed E-state index contributed by atoms with van der Waals surface area (Å²) in [5.74, 6) is -1.09. The fourth-order valence-corrected chi connectivity index (χ4v) is 1.61. The number of benzene rings is 1. The monoisotopic (exact) mass is 258 g/mol. The number of hydrogen-bond acceptors (Lipinski definition) is 4. The molecule has 0 fully saturated rings. The van der Waals surface area contributed by atoms with Crippen molar-refractivity contribution in [3.05, 3.63) is 53.9 Å². The van der Waals surface area contributed by atoms with Gasteiger partial charge in [-0.1, -0.05) is 30.3 Å². The minimum atomic E-state index is -1.09. The number of hydrogen-bond donors (Lipinski definition) is 1. The zero-order valence-corrected chi connectivity index (χ0v) is 10.3. The Balaban J connectivity index is 1.80. The maximum atomic E-state index is 10.7. The van der Waals surface area contributed by atoms with E-state index in [1.165, 1.54) is 17.8 Å². The van der Waals surface area contributed by atoms with E-state index in [9.17, 15) is 4.79 Å². The van der Waals surface area contributed by atoms with Gasteiger partial charge in [0.15, 0.2) is 5.69 Å². The molecule has 0 saturated heterocycles. The molecule has 0 radical (unpaired) electrons. The van der Waals surface area contributed by atoms with E-state index in [0.29, 0.717) is 6.61 Å². The number of aromatic carboxylic acids is 1. The number of carboxylic acid groups (broad SMARTS) is 1. The van der Waals surface area contributed by atoms with Gasteiger partial charge in [-0.05, 0) is 24.5 Å². The number of ether oxygens (including phenoxy) is 1. The molecule has 19 heavy (non-hydrogen) atoms. The second-order valence-electron chi connectivity index (χ2n) is 3.97. The van der Waals surface area contributed by atoms with Crippen molar-refractivity contribution in [2.45, 2.75) is 12.8 Å². The largest absolute Gasteiger partial charge is 0.477 e. The average molecular weight is 258 g/mol. The summed E-state index contributed by atoms with van der Waals surface area (Å²) in [7, 11) is 0. The molecule has 0 saturated carbocycles. The van der Waals surface area contributed by atoms with Crippen LogP contribution in [0.15, 0.2) is 42.6 Å². The SMILES string of the molecule is O=C(O)c1ccnc(OCCCc2ccccc2)n1. The third-order valence-electron chi connectivity index (χ3n) is 2.54. The highest BCUT2D eigenvalue weighted by atomic mass is 16.5. The Kier molecular flexibility index (Phi) is 4.44. The Morgan fingerprint density at radius 3 is 2.74 bits per heavy atom. The van der Waals surface area contributed by atoms with Gasteiger partial charge in [0.05, 0.1) is 6.61 Å². The molecule has 0 aliphatic rings. The van der Waals surface area contributed by atoms with Crippen LogP contribution in [0.5, 0.6) is 6.01 Å². The maximum Gasteiger partial charge on any atom is 0.354 e. The molecule has 0 aliphatic heterocycles. The standard InChI is InChI=1S/C14H14N2O3/c17-13(18)12-8-9-15-14(16-12)19-10-4-7-11-5-2-1-3-6-11/h1-3,5-6,8-9H,4,7,10H2,(H,17,18). The minimum Gasteiger partial charge on any atom is -0.477 e. The molecular formula is C14H14N2O3. The van der Waals surface area contributed by atoms with E-state index in [2.05, 4.69) is 22.1 Å². The van der Waals surface area contributed by atoms with Gasteiger partial charge in [0.1, 0.15) is 0 Å². The maximum absolute atomic E-state index is 10.7. The van der Waals surface area contributed by atoms with Gasteiger partial charge in [-0.3, -0.25) is 0 Å². The van der Waals surface area contributed by atoms with E-state index in [0.717, 1.165) is 12.8 Å². The molecule has 1 aromatic carbocycles. The molecule has 0 spiro atoms. The van der Waals surface area contributed by atoms with E-state index < -0.39 is 5.97 Å². The first kappa shape index (κ1) is 13.0. The summed E-state index contributed by atoms with van der Waals surface area (Å²) >= 11 is 0. The van der Waals surface area contributed by atoms with Crippen LogP contribution in [0.1, 0.15) is 22.5 Å². The molecule has 5 nitrogen and oxygen atoms in total. The van der Waals surface area contributed by atoms with Crippen LogP contribution in [0.4, 0.5) is 0 Å².